The van der Waals surface area contributed by atoms with E-state index in [1.54, 1.807) is 7.11 Å². The van der Waals surface area contributed by atoms with Crippen molar-refractivity contribution >= 4 is 11.7 Å². The van der Waals surface area contributed by atoms with Crippen molar-refractivity contribution in [2.24, 2.45) is 16.7 Å². The summed E-state index contributed by atoms with van der Waals surface area (Å²) in [6.07, 6.45) is 3.26. The number of carbonyl (C=O) groups is 1. The third kappa shape index (κ3) is 3.00. The minimum atomic E-state index is -0.259. The summed E-state index contributed by atoms with van der Waals surface area (Å²) < 4.78 is 10.5. The first-order valence-corrected chi connectivity index (χ1v) is 10.1. The molecule has 0 bridgehead atoms. The minimum absolute atomic E-state index is 0.00462. The first-order chi connectivity index (χ1) is 12.9. The number of ether oxygens (including phenoxy) is 2. The van der Waals surface area contributed by atoms with Gasteiger partial charge < -0.3 is 14.4 Å². The molecular weight excluding hydrogens is 340 g/mol. The molecule has 2 aliphatic heterocycles. The molecule has 0 N–H and O–H groups in total. The molecule has 148 valence electrons. The van der Waals surface area contributed by atoms with Gasteiger partial charge in [0.15, 0.2) is 0 Å². The van der Waals surface area contributed by atoms with E-state index in [4.69, 9.17) is 9.47 Å². The molecule has 1 aromatic carbocycles. The molecule has 5 heteroatoms. The molecule has 0 aromatic heterocycles. The summed E-state index contributed by atoms with van der Waals surface area (Å²) in [5.74, 6) is 1.33. The summed E-state index contributed by atoms with van der Waals surface area (Å²) in [4.78, 5) is 17.6. The molecule has 2 saturated heterocycles. The van der Waals surface area contributed by atoms with Crippen LogP contribution in [-0.2, 0) is 9.53 Å². The second kappa shape index (κ2) is 6.69. The average molecular weight is 373 g/mol. The Kier molecular flexibility index (Phi) is 4.61. The largest absolute Gasteiger partial charge is 0.497 e. The van der Waals surface area contributed by atoms with Gasteiger partial charge in [-0.05, 0) is 54.9 Å². The third-order valence-electron chi connectivity index (χ3n) is 7.29. The number of methoxy groups -OCH3 is 2. The summed E-state index contributed by atoms with van der Waals surface area (Å²) in [7, 11) is 3.24. The second-order valence-electron chi connectivity index (χ2n) is 9.21. The van der Waals surface area contributed by atoms with Gasteiger partial charge >= 0.3 is 5.97 Å². The summed E-state index contributed by atoms with van der Waals surface area (Å²) >= 11 is 0. The molecule has 3 aliphatic rings. The number of esters is 1. The number of rotatable bonds is 4. The van der Waals surface area contributed by atoms with Gasteiger partial charge in [0.2, 0.25) is 0 Å². The van der Waals surface area contributed by atoms with Crippen molar-refractivity contribution in [1.29, 1.82) is 0 Å². The molecule has 3 fully saturated rings. The molecule has 0 radical (unpaired) electrons. The van der Waals surface area contributed by atoms with Crippen LogP contribution in [0.5, 0.6) is 5.75 Å². The van der Waals surface area contributed by atoms with Crippen molar-refractivity contribution in [3.63, 3.8) is 0 Å². The Balaban J connectivity index is 1.39. The number of likely N-dealkylation sites (tertiary alicyclic amines) is 1. The molecule has 5 nitrogen and oxygen atoms in total. The topological polar surface area (TPSA) is 42.0 Å². The fraction of sp³-hybridized carbons (Fsp3) is 0.682. The average Bonchev–Trinajstić information content (AvgIpc) is 3.03. The van der Waals surface area contributed by atoms with Crippen LogP contribution in [0.15, 0.2) is 24.3 Å². The highest BCUT2D eigenvalue weighted by Gasteiger charge is 2.67. The van der Waals surface area contributed by atoms with E-state index in [-0.39, 0.29) is 16.8 Å². The number of nitrogens with zero attached hydrogens (tertiary/aromatic N) is 2. The predicted octanol–water partition coefficient (Wildman–Crippen LogP) is 3.19. The SMILES string of the molecule is COC(=O)[C@@]12CN(C3CCN(c4ccc(OC)cc4)CC3)C[C@@H]1C(C)(C)C2. The Bertz CT molecular complexity index is 694. The normalized spacial score (nSPS) is 30.5. The zero-order chi connectivity index (χ0) is 19.2. The lowest BCUT2D eigenvalue weighted by Gasteiger charge is -2.54. The highest BCUT2D eigenvalue weighted by atomic mass is 16.5. The second-order valence-corrected chi connectivity index (χ2v) is 9.21. The van der Waals surface area contributed by atoms with E-state index in [1.807, 2.05) is 12.1 Å². The number of hydrogen-bond acceptors (Lipinski definition) is 5. The molecule has 1 aliphatic carbocycles. The first kappa shape index (κ1) is 18.6. The lowest BCUT2D eigenvalue weighted by Crippen LogP contribution is -2.57. The Hall–Kier alpha value is -1.75. The third-order valence-corrected chi connectivity index (χ3v) is 7.29. The van der Waals surface area contributed by atoms with Crippen LogP contribution >= 0.6 is 0 Å². The number of hydrogen-bond donors (Lipinski definition) is 0. The first-order valence-electron chi connectivity index (χ1n) is 10.1. The summed E-state index contributed by atoms with van der Waals surface area (Å²) in [6, 6.07) is 8.92. The summed E-state index contributed by atoms with van der Waals surface area (Å²) in [6.45, 7) is 8.64. The standard InChI is InChI=1S/C22H32N2O3/c1-21(2)14-22(20(25)27-4)15-24(13-19(21)22)17-9-11-23(12-10-17)16-5-7-18(26-3)8-6-16/h5-8,17,19H,9-15H2,1-4H3/t19-,22+/m1/s1. The minimum Gasteiger partial charge on any atom is -0.497 e. The fourth-order valence-electron chi connectivity index (χ4n) is 5.97. The van der Waals surface area contributed by atoms with Gasteiger partial charge in [-0.1, -0.05) is 13.8 Å². The zero-order valence-corrected chi connectivity index (χ0v) is 17.0. The van der Waals surface area contributed by atoms with Gasteiger partial charge in [0.25, 0.3) is 0 Å². The predicted molar refractivity (Wildman–Crippen MR) is 106 cm³/mol. The maximum Gasteiger partial charge on any atom is 0.313 e. The van der Waals surface area contributed by atoms with Gasteiger partial charge in [-0.2, -0.15) is 0 Å². The van der Waals surface area contributed by atoms with Crippen LogP contribution in [0, 0.1) is 16.7 Å². The van der Waals surface area contributed by atoms with Crippen LogP contribution in [0.4, 0.5) is 5.69 Å². The number of carbonyl (C=O) groups excluding carboxylic acids is 1. The van der Waals surface area contributed by atoms with Crippen molar-refractivity contribution in [3.05, 3.63) is 24.3 Å². The van der Waals surface area contributed by atoms with Gasteiger partial charge in [-0.25, -0.2) is 0 Å². The van der Waals surface area contributed by atoms with Crippen LogP contribution in [0.1, 0.15) is 33.1 Å². The molecule has 2 heterocycles. The molecular formula is C22H32N2O3. The van der Waals surface area contributed by atoms with Gasteiger partial charge in [0, 0.05) is 37.9 Å². The molecule has 0 spiro atoms. The number of benzene rings is 1. The van der Waals surface area contributed by atoms with Gasteiger partial charge in [0.05, 0.1) is 19.6 Å². The van der Waals surface area contributed by atoms with E-state index in [9.17, 15) is 4.79 Å². The van der Waals surface area contributed by atoms with E-state index < -0.39 is 0 Å². The van der Waals surface area contributed by atoms with E-state index in [0.29, 0.717) is 12.0 Å². The Morgan fingerprint density at radius 3 is 2.33 bits per heavy atom. The van der Waals surface area contributed by atoms with Crippen molar-refractivity contribution < 1.29 is 14.3 Å². The maximum atomic E-state index is 12.5. The van der Waals surface area contributed by atoms with Crippen molar-refractivity contribution in [2.75, 3.05) is 45.3 Å². The molecule has 4 rings (SSSR count). The monoisotopic (exact) mass is 372 g/mol. The molecule has 0 amide bonds. The molecule has 1 saturated carbocycles. The van der Waals surface area contributed by atoms with Crippen LogP contribution in [0.25, 0.3) is 0 Å². The molecule has 0 unspecified atom stereocenters. The number of piperidine rings is 1. The fourth-order valence-corrected chi connectivity index (χ4v) is 5.97. The summed E-state index contributed by atoms with van der Waals surface area (Å²) in [5, 5.41) is 0. The van der Waals surface area contributed by atoms with Crippen LogP contribution in [0.3, 0.4) is 0 Å². The van der Waals surface area contributed by atoms with Crippen LogP contribution in [0.2, 0.25) is 0 Å². The van der Waals surface area contributed by atoms with Gasteiger partial charge in [-0.3, -0.25) is 9.69 Å². The number of fused-ring (bicyclic) bond motifs is 1. The van der Waals surface area contributed by atoms with Gasteiger partial charge in [-0.15, -0.1) is 0 Å². The van der Waals surface area contributed by atoms with Crippen molar-refractivity contribution in [2.45, 2.75) is 39.2 Å². The zero-order valence-electron chi connectivity index (χ0n) is 17.0. The van der Waals surface area contributed by atoms with Crippen LogP contribution in [-0.4, -0.2) is 57.3 Å². The maximum absolute atomic E-state index is 12.5. The molecule has 2 atom stereocenters. The van der Waals surface area contributed by atoms with E-state index in [1.165, 1.54) is 12.8 Å². The van der Waals surface area contributed by atoms with Crippen molar-refractivity contribution in [3.8, 4) is 5.75 Å². The molecule has 27 heavy (non-hydrogen) atoms. The van der Waals surface area contributed by atoms with Crippen LogP contribution < -0.4 is 9.64 Å². The lowest BCUT2D eigenvalue weighted by molar-refractivity contribution is -0.174. The summed E-state index contributed by atoms with van der Waals surface area (Å²) in [5.41, 5.74) is 1.25. The highest BCUT2D eigenvalue weighted by molar-refractivity contribution is 5.80. The smallest absolute Gasteiger partial charge is 0.313 e. The lowest BCUT2D eigenvalue weighted by atomic mass is 9.48. The van der Waals surface area contributed by atoms with E-state index >= 15 is 0 Å². The highest BCUT2D eigenvalue weighted by Crippen LogP contribution is 2.63. The quantitative estimate of drug-likeness (QED) is 0.760. The molecule has 1 aromatic rings. The van der Waals surface area contributed by atoms with E-state index in [2.05, 4.69) is 35.8 Å². The Labute approximate surface area is 162 Å². The Morgan fingerprint density at radius 1 is 1.11 bits per heavy atom. The Morgan fingerprint density at radius 2 is 1.78 bits per heavy atom. The van der Waals surface area contributed by atoms with Crippen molar-refractivity contribution in [1.82, 2.24) is 4.90 Å². The van der Waals surface area contributed by atoms with Gasteiger partial charge in [0.1, 0.15) is 5.75 Å². The number of anilines is 1. The van der Waals surface area contributed by atoms with E-state index in [0.717, 1.165) is 51.2 Å².